The number of sulfonamides is 1. The third kappa shape index (κ3) is 2.10. The van der Waals surface area contributed by atoms with E-state index in [1.807, 2.05) is 31.3 Å². The van der Waals surface area contributed by atoms with Crippen molar-refractivity contribution in [1.29, 1.82) is 0 Å². The number of hydrogen-bond acceptors (Lipinski definition) is 4. The lowest BCUT2D eigenvalue weighted by molar-refractivity contribution is 0.0287. The van der Waals surface area contributed by atoms with Crippen molar-refractivity contribution in [2.75, 3.05) is 25.1 Å². The van der Waals surface area contributed by atoms with Gasteiger partial charge in [0.15, 0.2) is 0 Å². The Kier molecular flexibility index (Phi) is 3.63. The van der Waals surface area contributed by atoms with Crippen LogP contribution in [0.2, 0.25) is 0 Å². The van der Waals surface area contributed by atoms with E-state index >= 15 is 0 Å². The Morgan fingerprint density at radius 2 is 1.75 bits per heavy atom. The standard InChI is InChI=1S/C18H20N2O3S/c1-19-11-16-18(14-9-5-6-10-15(14)19)17(12-21)20(16)24(22,23)13-7-3-2-4-8-13/h2-10,16-18,21H,11-12H2,1H3/t16-,17+,18+/m0/s1. The van der Waals surface area contributed by atoms with Crippen molar-refractivity contribution in [2.24, 2.45) is 0 Å². The summed E-state index contributed by atoms with van der Waals surface area (Å²) in [4.78, 5) is 2.38. The van der Waals surface area contributed by atoms with Crippen molar-refractivity contribution in [3.63, 3.8) is 0 Å². The largest absolute Gasteiger partial charge is 0.395 e. The topological polar surface area (TPSA) is 60.9 Å². The molecule has 2 aliphatic heterocycles. The quantitative estimate of drug-likeness (QED) is 0.920. The number of benzene rings is 2. The number of fused-ring (bicyclic) bond motifs is 3. The molecule has 4 rings (SSSR count). The van der Waals surface area contributed by atoms with E-state index in [-0.39, 0.29) is 23.5 Å². The van der Waals surface area contributed by atoms with Gasteiger partial charge >= 0.3 is 0 Å². The van der Waals surface area contributed by atoms with Crippen LogP contribution in [0.25, 0.3) is 0 Å². The fourth-order valence-corrected chi connectivity index (χ4v) is 5.94. The van der Waals surface area contributed by atoms with Crippen LogP contribution in [0.3, 0.4) is 0 Å². The maximum absolute atomic E-state index is 13.1. The summed E-state index contributed by atoms with van der Waals surface area (Å²) >= 11 is 0. The van der Waals surface area contributed by atoms with Gasteiger partial charge in [0.25, 0.3) is 0 Å². The number of anilines is 1. The first-order chi connectivity index (χ1) is 11.6. The monoisotopic (exact) mass is 344 g/mol. The molecule has 0 aliphatic carbocycles. The normalized spacial score (nSPS) is 26.4. The minimum absolute atomic E-state index is 0.0425. The number of hydrogen-bond donors (Lipinski definition) is 1. The first kappa shape index (κ1) is 15.6. The molecule has 2 aliphatic rings. The average molecular weight is 344 g/mol. The van der Waals surface area contributed by atoms with Crippen molar-refractivity contribution in [1.82, 2.24) is 4.31 Å². The summed E-state index contributed by atoms with van der Waals surface area (Å²) < 4.78 is 27.6. The van der Waals surface area contributed by atoms with E-state index < -0.39 is 16.1 Å². The molecule has 0 aromatic heterocycles. The van der Waals surface area contributed by atoms with Gasteiger partial charge in [0.05, 0.1) is 23.6 Å². The first-order valence-electron chi connectivity index (χ1n) is 8.05. The Bertz CT molecular complexity index is 854. The van der Waals surface area contributed by atoms with Crippen LogP contribution in [-0.4, -0.2) is 50.1 Å². The molecule has 2 heterocycles. The van der Waals surface area contributed by atoms with Crippen LogP contribution in [0, 0.1) is 0 Å². The molecule has 1 fully saturated rings. The molecule has 0 saturated carbocycles. The number of aliphatic hydroxyl groups is 1. The number of likely N-dealkylation sites (N-methyl/N-ethyl adjacent to an activating group) is 1. The Labute approximate surface area is 142 Å². The summed E-state index contributed by atoms with van der Waals surface area (Å²) in [7, 11) is -1.63. The highest BCUT2D eigenvalue weighted by Crippen LogP contribution is 2.49. The first-order valence-corrected chi connectivity index (χ1v) is 9.49. The number of aliphatic hydroxyl groups excluding tert-OH is 1. The molecule has 3 atom stereocenters. The van der Waals surface area contributed by atoms with E-state index in [4.69, 9.17) is 0 Å². The number of rotatable bonds is 3. The maximum Gasteiger partial charge on any atom is 0.243 e. The summed E-state index contributed by atoms with van der Waals surface area (Å²) in [5, 5.41) is 9.88. The van der Waals surface area contributed by atoms with Crippen molar-refractivity contribution in [2.45, 2.75) is 22.9 Å². The number of nitrogens with zero attached hydrogens (tertiary/aromatic N) is 2. The van der Waals surface area contributed by atoms with Gasteiger partial charge in [-0.2, -0.15) is 4.31 Å². The average Bonchev–Trinajstić information content (AvgIpc) is 2.58. The van der Waals surface area contributed by atoms with Crippen LogP contribution in [0.1, 0.15) is 11.5 Å². The van der Waals surface area contributed by atoms with E-state index in [2.05, 4.69) is 4.90 Å². The highest BCUT2D eigenvalue weighted by molar-refractivity contribution is 7.89. The predicted molar refractivity (Wildman–Crippen MR) is 92.6 cm³/mol. The lowest BCUT2D eigenvalue weighted by Gasteiger charge is -2.57. The fourth-order valence-electron chi connectivity index (χ4n) is 4.09. The van der Waals surface area contributed by atoms with Crippen molar-refractivity contribution in [3.8, 4) is 0 Å². The molecule has 126 valence electrons. The van der Waals surface area contributed by atoms with Crippen LogP contribution < -0.4 is 4.90 Å². The molecule has 5 nitrogen and oxygen atoms in total. The lowest BCUT2D eigenvalue weighted by atomic mass is 9.74. The van der Waals surface area contributed by atoms with Crippen molar-refractivity contribution >= 4 is 15.7 Å². The SMILES string of the molecule is CN1C[C@H]2[C@@H](c3ccccc31)[C@@H](CO)N2S(=O)(=O)c1ccccc1. The molecule has 0 unspecified atom stereocenters. The summed E-state index contributed by atoms with van der Waals surface area (Å²) in [6, 6.07) is 16.0. The van der Waals surface area contributed by atoms with Gasteiger partial charge in [-0.3, -0.25) is 0 Å². The Morgan fingerprint density at radius 1 is 1.08 bits per heavy atom. The van der Waals surface area contributed by atoms with Gasteiger partial charge in [-0.05, 0) is 23.8 Å². The van der Waals surface area contributed by atoms with Crippen LogP contribution in [0.4, 0.5) is 5.69 Å². The summed E-state index contributed by atoms with van der Waals surface area (Å²) in [6.07, 6.45) is 0. The maximum atomic E-state index is 13.1. The lowest BCUT2D eigenvalue weighted by Crippen LogP contribution is -2.69. The van der Waals surface area contributed by atoms with Gasteiger partial charge < -0.3 is 10.0 Å². The highest BCUT2D eigenvalue weighted by atomic mass is 32.2. The van der Waals surface area contributed by atoms with Crippen LogP contribution >= 0.6 is 0 Å². The molecule has 0 radical (unpaired) electrons. The van der Waals surface area contributed by atoms with Crippen LogP contribution in [-0.2, 0) is 10.0 Å². The molecule has 1 saturated heterocycles. The molecule has 0 spiro atoms. The molecule has 1 N–H and O–H groups in total. The Morgan fingerprint density at radius 3 is 2.46 bits per heavy atom. The minimum atomic E-state index is -3.61. The fraction of sp³-hybridized carbons (Fsp3) is 0.333. The Balaban J connectivity index is 1.76. The van der Waals surface area contributed by atoms with E-state index in [0.29, 0.717) is 6.54 Å². The third-order valence-corrected chi connectivity index (χ3v) is 7.12. The molecule has 0 bridgehead atoms. The van der Waals surface area contributed by atoms with Gasteiger partial charge in [0, 0.05) is 25.2 Å². The van der Waals surface area contributed by atoms with Gasteiger partial charge in [-0.25, -0.2) is 8.42 Å². The zero-order chi connectivity index (χ0) is 16.9. The van der Waals surface area contributed by atoms with Crippen molar-refractivity contribution in [3.05, 3.63) is 60.2 Å². The highest BCUT2D eigenvalue weighted by Gasteiger charge is 2.57. The van der Waals surface area contributed by atoms with E-state index in [9.17, 15) is 13.5 Å². The van der Waals surface area contributed by atoms with Gasteiger partial charge in [0.1, 0.15) is 0 Å². The van der Waals surface area contributed by atoms with Crippen LogP contribution in [0.5, 0.6) is 0 Å². The molecular weight excluding hydrogens is 324 g/mol. The van der Waals surface area contributed by atoms with Crippen LogP contribution in [0.15, 0.2) is 59.5 Å². The van der Waals surface area contributed by atoms with E-state index in [1.165, 1.54) is 4.31 Å². The molecule has 2 aromatic rings. The predicted octanol–water partition coefficient (Wildman–Crippen LogP) is 1.65. The smallest absolute Gasteiger partial charge is 0.243 e. The summed E-state index contributed by atoms with van der Waals surface area (Å²) in [5.74, 6) is 0.0425. The van der Waals surface area contributed by atoms with E-state index in [0.717, 1.165) is 11.3 Å². The van der Waals surface area contributed by atoms with E-state index in [1.54, 1.807) is 30.3 Å². The molecule has 24 heavy (non-hydrogen) atoms. The summed E-state index contributed by atoms with van der Waals surface area (Å²) in [6.45, 7) is 0.454. The molecule has 0 amide bonds. The second-order valence-corrected chi connectivity index (χ2v) is 8.27. The number of para-hydroxylation sites is 1. The Hall–Kier alpha value is -1.89. The van der Waals surface area contributed by atoms with Gasteiger partial charge in [-0.1, -0.05) is 36.4 Å². The van der Waals surface area contributed by atoms with Gasteiger partial charge in [-0.15, -0.1) is 0 Å². The zero-order valence-electron chi connectivity index (χ0n) is 13.4. The van der Waals surface area contributed by atoms with Gasteiger partial charge in [0.2, 0.25) is 10.0 Å². The third-order valence-electron chi connectivity index (χ3n) is 5.16. The molecule has 6 heteroatoms. The molecular formula is C18H20N2O3S. The van der Waals surface area contributed by atoms with Crippen molar-refractivity contribution < 1.29 is 13.5 Å². The second kappa shape index (κ2) is 5.58. The minimum Gasteiger partial charge on any atom is -0.395 e. The summed E-state index contributed by atoms with van der Waals surface area (Å²) in [5.41, 5.74) is 2.24. The molecule has 2 aromatic carbocycles. The second-order valence-electron chi connectivity index (χ2n) is 6.43. The zero-order valence-corrected chi connectivity index (χ0v) is 14.2.